The summed E-state index contributed by atoms with van der Waals surface area (Å²) in [5, 5.41) is 4.42. The number of amides is 1. The van der Waals surface area contributed by atoms with Gasteiger partial charge in [-0.05, 0) is 41.3 Å². The highest BCUT2D eigenvalue weighted by Gasteiger charge is 2.32. The Kier molecular flexibility index (Phi) is 6.35. The molecule has 6 nitrogen and oxygen atoms in total. The lowest BCUT2D eigenvalue weighted by Crippen LogP contribution is -2.48. The van der Waals surface area contributed by atoms with Crippen LogP contribution in [0.3, 0.4) is 0 Å². The molecule has 4 rings (SSSR count). The standard InChI is InChI=1S/C22H22FN3O3S2/c23-18-6-8-19(9-7-18)25-11-13-26(14-12-25)31(28,29)20-10-15-30-21(20)22(27)24-16-17-4-2-1-3-5-17/h1-10,15H,11-14,16H2,(H,24,27). The van der Waals surface area contributed by atoms with Gasteiger partial charge in [-0.2, -0.15) is 4.31 Å². The number of hydrogen-bond acceptors (Lipinski definition) is 5. The monoisotopic (exact) mass is 459 g/mol. The van der Waals surface area contributed by atoms with Gasteiger partial charge in [0, 0.05) is 38.4 Å². The summed E-state index contributed by atoms with van der Waals surface area (Å²) < 4.78 is 41.0. The molecular formula is C22H22FN3O3S2. The zero-order chi connectivity index (χ0) is 21.8. The van der Waals surface area contributed by atoms with Crippen molar-refractivity contribution in [3.63, 3.8) is 0 Å². The van der Waals surface area contributed by atoms with Crippen LogP contribution in [0.15, 0.2) is 70.9 Å². The van der Waals surface area contributed by atoms with Gasteiger partial charge in [-0.25, -0.2) is 12.8 Å². The first-order valence-electron chi connectivity index (χ1n) is 9.85. The molecule has 2 aromatic carbocycles. The molecule has 0 bridgehead atoms. The van der Waals surface area contributed by atoms with Gasteiger partial charge in [-0.1, -0.05) is 30.3 Å². The van der Waals surface area contributed by atoms with E-state index >= 15 is 0 Å². The van der Waals surface area contributed by atoms with Crippen molar-refractivity contribution < 1.29 is 17.6 Å². The number of anilines is 1. The van der Waals surface area contributed by atoms with Crippen molar-refractivity contribution in [3.8, 4) is 0 Å². The van der Waals surface area contributed by atoms with E-state index in [-0.39, 0.29) is 15.6 Å². The number of sulfonamides is 1. The highest BCUT2D eigenvalue weighted by molar-refractivity contribution is 7.89. The highest BCUT2D eigenvalue weighted by atomic mass is 32.2. The summed E-state index contributed by atoms with van der Waals surface area (Å²) in [7, 11) is -3.79. The largest absolute Gasteiger partial charge is 0.369 e. The van der Waals surface area contributed by atoms with Crippen LogP contribution in [0.1, 0.15) is 15.2 Å². The SMILES string of the molecule is O=C(NCc1ccccc1)c1sccc1S(=O)(=O)N1CCN(c2ccc(F)cc2)CC1. The number of carbonyl (C=O) groups is 1. The molecule has 1 amide bonds. The minimum Gasteiger partial charge on any atom is -0.369 e. The molecule has 0 atom stereocenters. The van der Waals surface area contributed by atoms with Gasteiger partial charge >= 0.3 is 0 Å². The topological polar surface area (TPSA) is 69.7 Å². The van der Waals surface area contributed by atoms with Crippen molar-refractivity contribution in [2.75, 3.05) is 31.1 Å². The van der Waals surface area contributed by atoms with Crippen LogP contribution >= 0.6 is 11.3 Å². The Hall–Kier alpha value is -2.75. The minimum atomic E-state index is -3.79. The molecule has 2 heterocycles. The Morgan fingerprint density at radius 3 is 2.32 bits per heavy atom. The molecule has 3 aromatic rings. The summed E-state index contributed by atoms with van der Waals surface area (Å²) in [5.74, 6) is -0.706. The van der Waals surface area contributed by atoms with Crippen molar-refractivity contribution in [1.82, 2.24) is 9.62 Å². The fourth-order valence-corrected chi connectivity index (χ4v) is 6.24. The summed E-state index contributed by atoms with van der Waals surface area (Å²) in [6.07, 6.45) is 0. The van der Waals surface area contributed by atoms with Crippen LogP contribution < -0.4 is 10.2 Å². The lowest BCUT2D eigenvalue weighted by molar-refractivity contribution is 0.0952. The first-order valence-corrected chi connectivity index (χ1v) is 12.2. The molecule has 0 spiro atoms. The van der Waals surface area contributed by atoms with E-state index in [4.69, 9.17) is 0 Å². The average molecular weight is 460 g/mol. The van der Waals surface area contributed by atoms with Crippen molar-refractivity contribution in [3.05, 3.63) is 82.3 Å². The summed E-state index contributed by atoms with van der Waals surface area (Å²) in [5.41, 5.74) is 1.80. The smallest absolute Gasteiger partial charge is 0.263 e. The predicted octanol–water partition coefficient (Wildman–Crippen LogP) is 3.33. The first-order chi connectivity index (χ1) is 14.9. The van der Waals surface area contributed by atoms with Crippen LogP contribution in [-0.4, -0.2) is 44.8 Å². The molecule has 162 valence electrons. The van der Waals surface area contributed by atoms with Gasteiger partial charge in [-0.15, -0.1) is 11.3 Å². The van der Waals surface area contributed by atoms with Crippen LogP contribution in [0.5, 0.6) is 0 Å². The second-order valence-corrected chi connectivity index (χ2v) is 9.97. The number of piperazine rings is 1. The summed E-state index contributed by atoms with van der Waals surface area (Å²) in [6.45, 7) is 1.89. The molecule has 1 aliphatic heterocycles. The third kappa shape index (κ3) is 4.79. The molecule has 1 aromatic heterocycles. The molecule has 0 saturated carbocycles. The van der Waals surface area contributed by atoms with Crippen molar-refractivity contribution in [2.24, 2.45) is 0 Å². The summed E-state index contributed by atoms with van der Waals surface area (Å²) in [4.78, 5) is 14.9. The Labute approximate surface area is 185 Å². The Balaban J connectivity index is 1.43. The second-order valence-electron chi connectivity index (χ2n) is 7.15. The summed E-state index contributed by atoms with van der Waals surface area (Å²) >= 11 is 1.12. The fraction of sp³-hybridized carbons (Fsp3) is 0.227. The third-order valence-corrected chi connectivity index (χ3v) is 8.16. The highest BCUT2D eigenvalue weighted by Crippen LogP contribution is 2.27. The van der Waals surface area contributed by atoms with Crippen LogP contribution in [0.2, 0.25) is 0 Å². The maximum absolute atomic E-state index is 13.2. The number of nitrogens with one attached hydrogen (secondary N) is 1. The van der Waals surface area contributed by atoms with Crippen LogP contribution in [0.25, 0.3) is 0 Å². The van der Waals surface area contributed by atoms with Crippen LogP contribution in [0.4, 0.5) is 10.1 Å². The second kappa shape index (κ2) is 9.17. The number of rotatable bonds is 6. The zero-order valence-corrected chi connectivity index (χ0v) is 18.3. The predicted molar refractivity (Wildman–Crippen MR) is 119 cm³/mol. The van der Waals surface area contributed by atoms with Crippen LogP contribution in [-0.2, 0) is 16.6 Å². The average Bonchev–Trinajstić information content (AvgIpc) is 3.30. The van der Waals surface area contributed by atoms with Gasteiger partial charge in [0.05, 0.1) is 0 Å². The van der Waals surface area contributed by atoms with E-state index in [9.17, 15) is 17.6 Å². The number of hydrogen-bond donors (Lipinski definition) is 1. The van der Waals surface area contributed by atoms with E-state index in [0.717, 1.165) is 22.6 Å². The quantitative estimate of drug-likeness (QED) is 0.614. The van der Waals surface area contributed by atoms with Gasteiger partial charge in [0.2, 0.25) is 10.0 Å². The van der Waals surface area contributed by atoms with Gasteiger partial charge in [0.1, 0.15) is 15.6 Å². The molecule has 1 saturated heterocycles. The molecular weight excluding hydrogens is 437 g/mol. The first kappa shape index (κ1) is 21.5. The molecule has 0 unspecified atom stereocenters. The Bertz CT molecular complexity index is 1140. The van der Waals surface area contributed by atoms with E-state index in [0.29, 0.717) is 32.7 Å². The number of nitrogens with zero attached hydrogens (tertiary/aromatic N) is 2. The number of benzene rings is 2. The van der Waals surface area contributed by atoms with E-state index in [1.165, 1.54) is 22.5 Å². The number of halogens is 1. The van der Waals surface area contributed by atoms with Gasteiger partial charge in [0.25, 0.3) is 5.91 Å². The Morgan fingerprint density at radius 2 is 1.65 bits per heavy atom. The zero-order valence-electron chi connectivity index (χ0n) is 16.7. The lowest BCUT2D eigenvalue weighted by Gasteiger charge is -2.35. The summed E-state index contributed by atoms with van der Waals surface area (Å²) in [6, 6.07) is 17.1. The Morgan fingerprint density at radius 1 is 0.968 bits per heavy atom. The van der Waals surface area contributed by atoms with Gasteiger partial charge in [-0.3, -0.25) is 4.79 Å². The molecule has 0 radical (unpaired) electrons. The molecule has 31 heavy (non-hydrogen) atoms. The van der Waals surface area contributed by atoms with Gasteiger partial charge in [0.15, 0.2) is 0 Å². The van der Waals surface area contributed by atoms with E-state index in [1.54, 1.807) is 17.5 Å². The van der Waals surface area contributed by atoms with Gasteiger partial charge < -0.3 is 10.2 Å². The normalized spacial score (nSPS) is 15.1. The molecule has 9 heteroatoms. The van der Waals surface area contributed by atoms with Crippen molar-refractivity contribution in [1.29, 1.82) is 0 Å². The number of thiophene rings is 1. The van der Waals surface area contributed by atoms with E-state index in [1.807, 2.05) is 35.2 Å². The van der Waals surface area contributed by atoms with Crippen molar-refractivity contribution >= 4 is 33.0 Å². The minimum absolute atomic E-state index is 0.0401. The molecule has 0 aliphatic carbocycles. The maximum atomic E-state index is 13.2. The van der Waals surface area contributed by atoms with Crippen LogP contribution in [0, 0.1) is 5.82 Å². The van der Waals surface area contributed by atoms with E-state index in [2.05, 4.69) is 5.32 Å². The van der Waals surface area contributed by atoms with E-state index < -0.39 is 15.9 Å². The number of carbonyl (C=O) groups excluding carboxylic acids is 1. The molecule has 1 fully saturated rings. The fourth-order valence-electron chi connectivity index (χ4n) is 3.50. The van der Waals surface area contributed by atoms with Crippen molar-refractivity contribution in [2.45, 2.75) is 11.4 Å². The molecule has 1 aliphatic rings. The molecule has 1 N–H and O–H groups in total. The third-order valence-electron chi connectivity index (χ3n) is 5.18. The maximum Gasteiger partial charge on any atom is 0.263 e. The lowest BCUT2D eigenvalue weighted by atomic mass is 10.2.